The zero-order valence-corrected chi connectivity index (χ0v) is 13.4. The van der Waals surface area contributed by atoms with Gasteiger partial charge in [-0.05, 0) is 75.7 Å². The number of nitrogens with zero attached hydrogens (tertiary/aromatic N) is 1. The molecule has 0 spiro atoms. The number of hydrogen-bond acceptors (Lipinski definition) is 2. The molecule has 0 aromatic rings. The molecule has 3 aliphatic rings. The average molecular weight is 292 g/mol. The van der Waals surface area contributed by atoms with Crippen molar-refractivity contribution in [1.82, 2.24) is 4.90 Å². The van der Waals surface area contributed by atoms with Crippen LogP contribution in [0.15, 0.2) is 0 Å². The van der Waals surface area contributed by atoms with Crippen molar-refractivity contribution in [2.75, 3.05) is 13.1 Å². The van der Waals surface area contributed by atoms with Gasteiger partial charge in [-0.2, -0.15) is 0 Å². The van der Waals surface area contributed by atoms with Gasteiger partial charge in [-0.3, -0.25) is 4.79 Å². The molecule has 0 unspecified atom stereocenters. The van der Waals surface area contributed by atoms with Gasteiger partial charge in [-0.15, -0.1) is 0 Å². The molecule has 0 bridgehead atoms. The smallest absolute Gasteiger partial charge is 0.223 e. The van der Waals surface area contributed by atoms with Crippen LogP contribution in [-0.4, -0.2) is 29.9 Å². The summed E-state index contributed by atoms with van der Waals surface area (Å²) in [5.41, 5.74) is 5.76. The Hall–Kier alpha value is -0.570. The first kappa shape index (κ1) is 15.3. The van der Waals surface area contributed by atoms with Crippen molar-refractivity contribution in [3.05, 3.63) is 0 Å². The Balaban J connectivity index is 1.52. The SMILES string of the molecule is NCC1CCC(CC(=O)N2CCC[C@H]3CCCC[C@H]32)CC1. The van der Waals surface area contributed by atoms with E-state index in [1.54, 1.807) is 0 Å². The molecule has 0 aromatic carbocycles. The molecule has 120 valence electrons. The summed E-state index contributed by atoms with van der Waals surface area (Å²) in [7, 11) is 0. The van der Waals surface area contributed by atoms with Crippen molar-refractivity contribution in [2.24, 2.45) is 23.5 Å². The molecule has 0 aromatic heterocycles. The number of nitrogens with two attached hydrogens (primary N) is 1. The molecule has 2 N–H and O–H groups in total. The maximum absolute atomic E-state index is 12.8. The number of hydrogen-bond donors (Lipinski definition) is 1. The average Bonchev–Trinajstić information content (AvgIpc) is 2.55. The molecule has 1 saturated heterocycles. The van der Waals surface area contributed by atoms with Crippen molar-refractivity contribution in [1.29, 1.82) is 0 Å². The zero-order valence-electron chi connectivity index (χ0n) is 13.4. The normalized spacial score (nSPS) is 37.1. The number of fused-ring (bicyclic) bond motifs is 1. The lowest BCUT2D eigenvalue weighted by atomic mass is 9.77. The zero-order chi connectivity index (χ0) is 14.7. The highest BCUT2D eigenvalue weighted by molar-refractivity contribution is 5.77. The maximum atomic E-state index is 12.8. The maximum Gasteiger partial charge on any atom is 0.223 e. The van der Waals surface area contributed by atoms with Crippen molar-refractivity contribution in [3.8, 4) is 0 Å². The molecule has 3 nitrogen and oxygen atoms in total. The first-order valence-electron chi connectivity index (χ1n) is 9.27. The number of piperidine rings is 1. The summed E-state index contributed by atoms with van der Waals surface area (Å²) in [5.74, 6) is 2.62. The van der Waals surface area contributed by atoms with Gasteiger partial charge in [0.1, 0.15) is 0 Å². The third kappa shape index (κ3) is 3.61. The van der Waals surface area contributed by atoms with Crippen molar-refractivity contribution >= 4 is 5.91 Å². The Morgan fingerprint density at radius 2 is 1.57 bits per heavy atom. The van der Waals surface area contributed by atoms with E-state index in [-0.39, 0.29) is 0 Å². The lowest BCUT2D eigenvalue weighted by molar-refractivity contribution is -0.138. The molecule has 0 radical (unpaired) electrons. The molecule has 2 aliphatic carbocycles. The molecule has 21 heavy (non-hydrogen) atoms. The topological polar surface area (TPSA) is 46.3 Å². The first-order chi connectivity index (χ1) is 10.3. The van der Waals surface area contributed by atoms with Crippen molar-refractivity contribution in [3.63, 3.8) is 0 Å². The van der Waals surface area contributed by atoms with Gasteiger partial charge in [-0.1, -0.05) is 12.8 Å². The van der Waals surface area contributed by atoms with Crippen LogP contribution in [0.2, 0.25) is 0 Å². The monoisotopic (exact) mass is 292 g/mol. The lowest BCUT2D eigenvalue weighted by Crippen LogP contribution is -2.50. The Labute approximate surface area is 129 Å². The largest absolute Gasteiger partial charge is 0.339 e. The van der Waals surface area contributed by atoms with Crippen molar-refractivity contribution in [2.45, 2.75) is 76.7 Å². The minimum absolute atomic E-state index is 0.461. The molecular weight excluding hydrogens is 260 g/mol. The van der Waals surface area contributed by atoms with Crippen LogP contribution in [0.25, 0.3) is 0 Å². The molecule has 3 heteroatoms. The van der Waals surface area contributed by atoms with Crippen LogP contribution in [0.5, 0.6) is 0 Å². The third-order valence-electron chi connectivity index (χ3n) is 6.33. The van der Waals surface area contributed by atoms with Gasteiger partial charge in [0.2, 0.25) is 5.91 Å². The van der Waals surface area contributed by atoms with E-state index in [0.717, 1.165) is 25.4 Å². The summed E-state index contributed by atoms with van der Waals surface area (Å²) in [5, 5.41) is 0. The number of carbonyl (C=O) groups is 1. The van der Waals surface area contributed by atoms with E-state index in [2.05, 4.69) is 4.90 Å². The van der Waals surface area contributed by atoms with Gasteiger partial charge in [0.15, 0.2) is 0 Å². The van der Waals surface area contributed by atoms with E-state index >= 15 is 0 Å². The van der Waals surface area contributed by atoms with Crippen molar-refractivity contribution < 1.29 is 4.79 Å². The summed E-state index contributed by atoms with van der Waals surface area (Å²) in [6, 6.07) is 0.584. The molecule has 1 aliphatic heterocycles. The minimum Gasteiger partial charge on any atom is -0.339 e. The molecule has 2 saturated carbocycles. The Kier molecular flexibility index (Phi) is 5.20. The van der Waals surface area contributed by atoms with Gasteiger partial charge in [0.05, 0.1) is 0 Å². The number of carbonyl (C=O) groups excluding carboxylic acids is 1. The molecule has 1 amide bonds. The van der Waals surface area contributed by atoms with E-state index < -0.39 is 0 Å². The molecule has 1 heterocycles. The highest BCUT2D eigenvalue weighted by Gasteiger charge is 2.36. The number of likely N-dealkylation sites (tertiary alicyclic amines) is 1. The fraction of sp³-hybridized carbons (Fsp3) is 0.944. The summed E-state index contributed by atoms with van der Waals surface area (Å²) in [6.07, 6.45) is 13.6. The Bertz CT molecular complexity index is 347. The van der Waals surface area contributed by atoms with Gasteiger partial charge >= 0.3 is 0 Å². The number of rotatable bonds is 3. The first-order valence-corrected chi connectivity index (χ1v) is 9.27. The fourth-order valence-corrected chi connectivity index (χ4v) is 4.97. The number of amides is 1. The van der Waals surface area contributed by atoms with Crippen LogP contribution in [0.1, 0.15) is 70.6 Å². The lowest BCUT2D eigenvalue weighted by Gasteiger charge is -2.44. The van der Waals surface area contributed by atoms with Crippen LogP contribution in [0.4, 0.5) is 0 Å². The second kappa shape index (κ2) is 7.13. The highest BCUT2D eigenvalue weighted by atomic mass is 16.2. The van der Waals surface area contributed by atoms with Crippen LogP contribution in [0.3, 0.4) is 0 Å². The molecule has 3 rings (SSSR count). The standard InChI is InChI=1S/C18H32N2O/c19-13-15-9-7-14(8-10-15)12-18(21)20-11-3-5-16-4-1-2-6-17(16)20/h14-17H,1-13,19H2/t14?,15?,16-,17-/m1/s1. The second-order valence-electron chi connectivity index (χ2n) is 7.67. The summed E-state index contributed by atoms with van der Waals surface area (Å²) in [6.45, 7) is 1.86. The summed E-state index contributed by atoms with van der Waals surface area (Å²) in [4.78, 5) is 15.1. The minimum atomic E-state index is 0.461. The molecule has 3 fully saturated rings. The fourth-order valence-electron chi connectivity index (χ4n) is 4.97. The van der Waals surface area contributed by atoms with E-state index in [9.17, 15) is 4.79 Å². The van der Waals surface area contributed by atoms with Gasteiger partial charge in [0.25, 0.3) is 0 Å². The Morgan fingerprint density at radius 1 is 0.905 bits per heavy atom. The Morgan fingerprint density at radius 3 is 2.33 bits per heavy atom. The highest BCUT2D eigenvalue weighted by Crippen LogP contribution is 2.37. The van der Waals surface area contributed by atoms with Gasteiger partial charge in [0, 0.05) is 19.0 Å². The van der Waals surface area contributed by atoms with Gasteiger partial charge < -0.3 is 10.6 Å². The van der Waals surface area contributed by atoms with Crippen LogP contribution >= 0.6 is 0 Å². The predicted molar refractivity (Wildman–Crippen MR) is 85.8 cm³/mol. The van der Waals surface area contributed by atoms with Crippen LogP contribution < -0.4 is 5.73 Å². The van der Waals surface area contributed by atoms with E-state index in [1.165, 1.54) is 64.2 Å². The second-order valence-corrected chi connectivity index (χ2v) is 7.67. The summed E-state index contributed by atoms with van der Waals surface area (Å²) >= 11 is 0. The van der Waals surface area contributed by atoms with Crippen LogP contribution in [-0.2, 0) is 4.79 Å². The summed E-state index contributed by atoms with van der Waals surface area (Å²) < 4.78 is 0. The van der Waals surface area contributed by atoms with Gasteiger partial charge in [-0.25, -0.2) is 0 Å². The predicted octanol–water partition coefficient (Wildman–Crippen LogP) is 3.32. The van der Waals surface area contributed by atoms with E-state index in [0.29, 0.717) is 23.8 Å². The van der Waals surface area contributed by atoms with E-state index in [4.69, 9.17) is 5.73 Å². The van der Waals surface area contributed by atoms with E-state index in [1.807, 2.05) is 0 Å². The molecular formula is C18H32N2O. The quantitative estimate of drug-likeness (QED) is 0.867. The third-order valence-corrected chi connectivity index (χ3v) is 6.33. The van der Waals surface area contributed by atoms with Crippen LogP contribution in [0, 0.1) is 17.8 Å². The molecule has 2 atom stereocenters.